The van der Waals surface area contributed by atoms with Crippen molar-refractivity contribution in [1.29, 1.82) is 0 Å². The van der Waals surface area contributed by atoms with E-state index in [1.54, 1.807) is 23.1 Å². The zero-order valence-electron chi connectivity index (χ0n) is 15.9. The number of likely N-dealkylation sites (N-methyl/N-ethyl adjacent to an activating group) is 1. The third-order valence-electron chi connectivity index (χ3n) is 4.31. The molecule has 0 aliphatic heterocycles. The Morgan fingerprint density at radius 3 is 2.43 bits per heavy atom. The van der Waals surface area contributed by atoms with Gasteiger partial charge in [0.1, 0.15) is 5.01 Å². The molecule has 1 atom stereocenters. The molecule has 3 rings (SSSR count). The molecule has 0 aliphatic rings. The maximum absolute atomic E-state index is 12.8. The summed E-state index contributed by atoms with van der Waals surface area (Å²) in [6, 6.07) is 16.9. The standard InChI is InChI=1S/C22H22N2O3S/c1-3-24(4-2)22(26)21(16-10-6-5-7-11-16)27-20(25)15-14-19-23-17-12-8-9-13-18(17)28-19/h5-15,21H,3-4H2,1-2H3/b15-14+/t21-/m1/s1. The number of rotatable bonds is 7. The lowest BCUT2D eigenvalue weighted by Crippen LogP contribution is -2.36. The average molecular weight is 394 g/mol. The maximum Gasteiger partial charge on any atom is 0.331 e. The minimum Gasteiger partial charge on any atom is -0.444 e. The van der Waals surface area contributed by atoms with Crippen molar-refractivity contribution in [3.63, 3.8) is 0 Å². The molecule has 0 saturated carbocycles. The summed E-state index contributed by atoms with van der Waals surface area (Å²) in [5, 5.41) is 0.712. The van der Waals surface area contributed by atoms with Crippen LogP contribution in [0.15, 0.2) is 60.7 Å². The van der Waals surface area contributed by atoms with E-state index >= 15 is 0 Å². The molecule has 144 valence electrons. The number of hydrogen-bond donors (Lipinski definition) is 0. The maximum atomic E-state index is 12.8. The lowest BCUT2D eigenvalue weighted by Gasteiger charge is -2.25. The molecule has 2 aromatic carbocycles. The van der Waals surface area contributed by atoms with E-state index in [9.17, 15) is 9.59 Å². The van der Waals surface area contributed by atoms with Crippen LogP contribution >= 0.6 is 11.3 Å². The Morgan fingerprint density at radius 2 is 1.75 bits per heavy atom. The number of carbonyl (C=O) groups excluding carboxylic acids is 2. The summed E-state index contributed by atoms with van der Waals surface area (Å²) in [4.78, 5) is 31.4. The molecule has 0 radical (unpaired) electrons. The van der Waals surface area contributed by atoms with Gasteiger partial charge in [-0.15, -0.1) is 11.3 Å². The number of hydrogen-bond acceptors (Lipinski definition) is 5. The van der Waals surface area contributed by atoms with Gasteiger partial charge < -0.3 is 9.64 Å². The zero-order chi connectivity index (χ0) is 19.9. The van der Waals surface area contributed by atoms with Crippen LogP contribution in [0.25, 0.3) is 16.3 Å². The largest absolute Gasteiger partial charge is 0.444 e. The molecule has 6 heteroatoms. The number of amides is 1. The lowest BCUT2D eigenvalue weighted by atomic mass is 10.1. The van der Waals surface area contributed by atoms with Crippen LogP contribution < -0.4 is 0 Å². The van der Waals surface area contributed by atoms with E-state index in [1.165, 1.54) is 17.4 Å². The van der Waals surface area contributed by atoms with Gasteiger partial charge in [-0.05, 0) is 32.1 Å². The Morgan fingerprint density at radius 1 is 1.07 bits per heavy atom. The van der Waals surface area contributed by atoms with Crippen molar-refractivity contribution in [2.75, 3.05) is 13.1 Å². The Hall–Kier alpha value is -2.99. The van der Waals surface area contributed by atoms with Crippen LogP contribution in [0.4, 0.5) is 0 Å². The molecule has 0 bridgehead atoms. The number of benzene rings is 2. The first-order chi connectivity index (χ1) is 13.6. The number of thiazole rings is 1. The highest BCUT2D eigenvalue weighted by molar-refractivity contribution is 7.19. The van der Waals surface area contributed by atoms with E-state index in [0.717, 1.165) is 10.2 Å². The van der Waals surface area contributed by atoms with E-state index in [-0.39, 0.29) is 5.91 Å². The van der Waals surface area contributed by atoms with E-state index in [4.69, 9.17) is 4.74 Å². The molecular weight excluding hydrogens is 372 g/mol. The minimum atomic E-state index is -0.964. The number of para-hydroxylation sites is 1. The number of aromatic nitrogens is 1. The molecular formula is C22H22N2O3S. The number of nitrogens with zero attached hydrogens (tertiary/aromatic N) is 2. The topological polar surface area (TPSA) is 59.5 Å². The minimum absolute atomic E-state index is 0.224. The molecule has 0 N–H and O–H groups in total. The highest BCUT2D eigenvalue weighted by Gasteiger charge is 2.27. The summed E-state index contributed by atoms with van der Waals surface area (Å²) in [7, 11) is 0. The highest BCUT2D eigenvalue weighted by Crippen LogP contribution is 2.23. The SMILES string of the molecule is CCN(CC)C(=O)[C@H](OC(=O)/C=C/c1nc2ccccc2s1)c1ccccc1. The normalized spacial score (nSPS) is 12.2. The summed E-state index contributed by atoms with van der Waals surface area (Å²) in [6.45, 7) is 4.91. The molecule has 0 unspecified atom stereocenters. The Kier molecular flexibility index (Phi) is 6.55. The first-order valence-electron chi connectivity index (χ1n) is 9.20. The first kappa shape index (κ1) is 19.8. The van der Waals surface area contributed by atoms with Crippen LogP contribution in [-0.4, -0.2) is 34.8 Å². The van der Waals surface area contributed by atoms with Crippen LogP contribution in [0.5, 0.6) is 0 Å². The van der Waals surface area contributed by atoms with Crippen LogP contribution in [-0.2, 0) is 14.3 Å². The van der Waals surface area contributed by atoms with E-state index < -0.39 is 12.1 Å². The third-order valence-corrected chi connectivity index (χ3v) is 5.31. The molecule has 0 saturated heterocycles. The van der Waals surface area contributed by atoms with Gasteiger partial charge in [-0.3, -0.25) is 4.79 Å². The molecule has 0 aliphatic carbocycles. The predicted molar refractivity (Wildman–Crippen MR) is 112 cm³/mol. The second-order valence-corrected chi connectivity index (χ2v) is 7.15. The van der Waals surface area contributed by atoms with Crippen LogP contribution in [0, 0.1) is 0 Å². The molecule has 28 heavy (non-hydrogen) atoms. The van der Waals surface area contributed by atoms with Crippen molar-refractivity contribution < 1.29 is 14.3 Å². The fourth-order valence-corrected chi connectivity index (χ4v) is 3.72. The third kappa shape index (κ3) is 4.64. The number of carbonyl (C=O) groups is 2. The Bertz CT molecular complexity index is 945. The molecule has 1 aromatic heterocycles. The molecule has 3 aromatic rings. The molecule has 5 nitrogen and oxygen atoms in total. The van der Waals surface area contributed by atoms with Crippen LogP contribution in [0.2, 0.25) is 0 Å². The van der Waals surface area contributed by atoms with Crippen molar-refractivity contribution in [3.05, 3.63) is 71.2 Å². The molecule has 0 fully saturated rings. The monoisotopic (exact) mass is 394 g/mol. The van der Waals surface area contributed by atoms with Crippen molar-refractivity contribution in [3.8, 4) is 0 Å². The van der Waals surface area contributed by atoms with Gasteiger partial charge in [0.25, 0.3) is 5.91 Å². The molecule has 1 amide bonds. The number of ether oxygens (including phenoxy) is 1. The van der Waals surface area contributed by atoms with Gasteiger partial charge in [0.15, 0.2) is 0 Å². The van der Waals surface area contributed by atoms with Crippen LogP contribution in [0.3, 0.4) is 0 Å². The summed E-state index contributed by atoms with van der Waals surface area (Å²) >= 11 is 1.49. The van der Waals surface area contributed by atoms with Gasteiger partial charge in [-0.1, -0.05) is 42.5 Å². The first-order valence-corrected chi connectivity index (χ1v) is 10.0. The van der Waals surface area contributed by atoms with Crippen molar-refractivity contribution in [2.45, 2.75) is 20.0 Å². The summed E-state index contributed by atoms with van der Waals surface area (Å²) in [5.41, 5.74) is 1.54. The van der Waals surface area contributed by atoms with Gasteiger partial charge >= 0.3 is 5.97 Å². The summed E-state index contributed by atoms with van der Waals surface area (Å²) < 4.78 is 6.59. The van der Waals surface area contributed by atoms with Gasteiger partial charge in [0, 0.05) is 24.7 Å². The Balaban J connectivity index is 1.77. The van der Waals surface area contributed by atoms with E-state index in [1.807, 2.05) is 56.3 Å². The van der Waals surface area contributed by atoms with Crippen molar-refractivity contribution >= 4 is 39.5 Å². The highest BCUT2D eigenvalue weighted by atomic mass is 32.1. The van der Waals surface area contributed by atoms with E-state index in [0.29, 0.717) is 23.7 Å². The Labute approximate surface area is 168 Å². The second kappa shape index (κ2) is 9.28. The van der Waals surface area contributed by atoms with Crippen LogP contribution in [0.1, 0.15) is 30.5 Å². The fourth-order valence-electron chi connectivity index (χ4n) is 2.85. The molecule has 0 spiro atoms. The molecule has 1 heterocycles. The van der Waals surface area contributed by atoms with Gasteiger partial charge in [0.2, 0.25) is 6.10 Å². The zero-order valence-corrected chi connectivity index (χ0v) is 16.7. The lowest BCUT2D eigenvalue weighted by molar-refractivity contribution is -0.157. The summed E-state index contributed by atoms with van der Waals surface area (Å²) in [5.74, 6) is -0.799. The number of esters is 1. The summed E-state index contributed by atoms with van der Waals surface area (Å²) in [6.07, 6.45) is 1.98. The van der Waals surface area contributed by atoms with Gasteiger partial charge in [0.05, 0.1) is 10.2 Å². The van der Waals surface area contributed by atoms with Crippen molar-refractivity contribution in [2.24, 2.45) is 0 Å². The van der Waals surface area contributed by atoms with E-state index in [2.05, 4.69) is 4.98 Å². The second-order valence-electron chi connectivity index (χ2n) is 6.09. The average Bonchev–Trinajstić information content (AvgIpc) is 3.15. The predicted octanol–water partition coefficient (Wildman–Crippen LogP) is 4.46. The smallest absolute Gasteiger partial charge is 0.331 e. The quantitative estimate of drug-likeness (QED) is 0.438. The van der Waals surface area contributed by atoms with Gasteiger partial charge in [-0.25, -0.2) is 9.78 Å². The van der Waals surface area contributed by atoms with Gasteiger partial charge in [-0.2, -0.15) is 0 Å². The fraction of sp³-hybridized carbons (Fsp3) is 0.227. The number of fused-ring (bicyclic) bond motifs is 1. The van der Waals surface area contributed by atoms with Crippen molar-refractivity contribution in [1.82, 2.24) is 9.88 Å².